The Morgan fingerprint density at radius 2 is 2.00 bits per heavy atom. The molecular weight excluding hydrogens is 340 g/mol. The summed E-state index contributed by atoms with van der Waals surface area (Å²) in [5, 5.41) is 5.94. The van der Waals surface area contributed by atoms with Crippen LogP contribution in [-0.2, 0) is 12.8 Å². The third-order valence-corrected chi connectivity index (χ3v) is 5.78. The first-order valence-corrected chi connectivity index (χ1v) is 9.07. The Morgan fingerprint density at radius 1 is 1.08 bits per heavy atom. The van der Waals surface area contributed by atoms with Crippen LogP contribution in [0.3, 0.4) is 0 Å². The number of benzene rings is 1. The van der Waals surface area contributed by atoms with Crippen LogP contribution in [0.25, 0.3) is 21.1 Å². The Bertz CT molecular complexity index is 1080. The molecule has 1 N–H and O–H groups in total. The Kier molecular flexibility index (Phi) is 3.18. The molecular formula is C18H13ClN4S. The van der Waals surface area contributed by atoms with Gasteiger partial charge >= 0.3 is 0 Å². The topological polar surface area (TPSA) is 50.7 Å². The smallest absolute Gasteiger partial charge is 0.225 e. The summed E-state index contributed by atoms with van der Waals surface area (Å²) in [6, 6.07) is 10.1. The molecule has 1 aromatic carbocycles. The van der Waals surface area contributed by atoms with Crippen LogP contribution in [0.2, 0.25) is 5.28 Å². The molecule has 0 aliphatic heterocycles. The molecule has 4 nitrogen and oxygen atoms in total. The summed E-state index contributed by atoms with van der Waals surface area (Å²) in [5.74, 6) is 0.780. The van der Waals surface area contributed by atoms with Gasteiger partial charge in [-0.15, -0.1) is 11.3 Å². The lowest BCUT2D eigenvalue weighted by Crippen LogP contribution is -1.98. The van der Waals surface area contributed by atoms with Crippen LogP contribution in [0.4, 0.5) is 11.5 Å². The maximum atomic E-state index is 6.16. The third-order valence-electron chi connectivity index (χ3n) is 4.42. The van der Waals surface area contributed by atoms with E-state index in [1.165, 1.54) is 16.9 Å². The first-order chi connectivity index (χ1) is 11.8. The number of aromatic nitrogens is 3. The summed E-state index contributed by atoms with van der Waals surface area (Å²) in [5.41, 5.74) is 3.24. The lowest BCUT2D eigenvalue weighted by molar-refractivity contribution is 0.917. The number of rotatable bonds is 2. The number of thiophene rings is 1. The van der Waals surface area contributed by atoms with Gasteiger partial charge in [0.05, 0.1) is 16.6 Å². The highest BCUT2D eigenvalue weighted by Gasteiger charge is 2.22. The summed E-state index contributed by atoms with van der Waals surface area (Å²) in [6.07, 6.45) is 5.22. The van der Waals surface area contributed by atoms with Crippen LogP contribution in [0.1, 0.15) is 16.9 Å². The van der Waals surface area contributed by atoms with Crippen LogP contribution in [0.5, 0.6) is 0 Å². The van der Waals surface area contributed by atoms with E-state index in [0.29, 0.717) is 0 Å². The molecule has 4 aromatic rings. The molecule has 0 fully saturated rings. The maximum absolute atomic E-state index is 6.16. The van der Waals surface area contributed by atoms with Gasteiger partial charge in [-0.05, 0) is 48.6 Å². The standard InChI is InChI=1S/C18H13ClN4S/c19-18-22-16(14-11-6-2-8-13(11)24-17(14)23-18)21-12-7-1-4-10-5-3-9-20-15(10)12/h1,3-5,7,9H,2,6,8H2,(H,21,22,23). The van der Waals surface area contributed by atoms with Gasteiger partial charge in [0.2, 0.25) is 5.28 Å². The van der Waals surface area contributed by atoms with Crippen LogP contribution >= 0.6 is 22.9 Å². The van der Waals surface area contributed by atoms with Crippen molar-refractivity contribution in [2.45, 2.75) is 19.3 Å². The van der Waals surface area contributed by atoms with Crippen LogP contribution in [0.15, 0.2) is 36.5 Å². The van der Waals surface area contributed by atoms with Gasteiger partial charge in [0.1, 0.15) is 10.6 Å². The molecule has 24 heavy (non-hydrogen) atoms. The van der Waals surface area contributed by atoms with E-state index in [9.17, 15) is 0 Å². The van der Waals surface area contributed by atoms with Crippen LogP contribution in [-0.4, -0.2) is 15.0 Å². The van der Waals surface area contributed by atoms with Crippen molar-refractivity contribution in [2.75, 3.05) is 5.32 Å². The van der Waals surface area contributed by atoms with E-state index in [2.05, 4.69) is 32.4 Å². The zero-order valence-electron chi connectivity index (χ0n) is 12.7. The average Bonchev–Trinajstić information content (AvgIpc) is 3.15. The maximum Gasteiger partial charge on any atom is 0.225 e. The molecule has 1 aliphatic rings. The number of anilines is 2. The summed E-state index contributed by atoms with van der Waals surface area (Å²) in [7, 11) is 0. The number of halogens is 1. The third kappa shape index (κ3) is 2.16. The molecule has 0 unspecified atom stereocenters. The summed E-state index contributed by atoms with van der Waals surface area (Å²) < 4.78 is 0. The Labute approximate surface area is 147 Å². The molecule has 0 atom stereocenters. The normalized spacial score (nSPS) is 13.5. The molecule has 6 heteroatoms. The number of pyridine rings is 1. The molecule has 118 valence electrons. The van der Waals surface area contributed by atoms with Crippen molar-refractivity contribution in [3.05, 3.63) is 52.3 Å². The van der Waals surface area contributed by atoms with E-state index in [-0.39, 0.29) is 5.28 Å². The van der Waals surface area contributed by atoms with Crippen molar-refractivity contribution in [3.63, 3.8) is 0 Å². The molecule has 0 saturated carbocycles. The van der Waals surface area contributed by atoms with E-state index >= 15 is 0 Å². The van der Waals surface area contributed by atoms with Crippen LogP contribution in [0, 0.1) is 0 Å². The first kappa shape index (κ1) is 14.1. The largest absolute Gasteiger partial charge is 0.338 e. The van der Waals surface area contributed by atoms with E-state index in [0.717, 1.165) is 45.5 Å². The molecule has 3 aromatic heterocycles. The number of aryl methyl sites for hydroxylation is 2. The van der Waals surface area contributed by atoms with Gasteiger partial charge in [0.15, 0.2) is 0 Å². The Morgan fingerprint density at radius 3 is 2.96 bits per heavy atom. The summed E-state index contributed by atoms with van der Waals surface area (Å²) in [6.45, 7) is 0. The van der Waals surface area contributed by atoms with E-state index < -0.39 is 0 Å². The fraction of sp³-hybridized carbons (Fsp3) is 0.167. The van der Waals surface area contributed by atoms with Crippen molar-refractivity contribution < 1.29 is 0 Å². The van der Waals surface area contributed by atoms with Gasteiger partial charge in [0.25, 0.3) is 0 Å². The molecule has 3 heterocycles. The SMILES string of the molecule is Clc1nc(Nc2cccc3cccnc23)c2c3c(sc2n1)CCC3. The predicted octanol–water partition coefficient (Wildman–Crippen LogP) is 5.13. The minimum atomic E-state index is 0.276. The summed E-state index contributed by atoms with van der Waals surface area (Å²) in [4.78, 5) is 15.8. The fourth-order valence-corrected chi connectivity index (χ4v) is 4.87. The molecule has 0 bridgehead atoms. The minimum Gasteiger partial charge on any atom is -0.338 e. The van der Waals surface area contributed by atoms with Crippen LogP contribution < -0.4 is 5.32 Å². The monoisotopic (exact) mass is 352 g/mol. The predicted molar refractivity (Wildman–Crippen MR) is 99.5 cm³/mol. The van der Waals surface area contributed by atoms with Gasteiger partial charge in [-0.25, -0.2) is 4.98 Å². The second-order valence-electron chi connectivity index (χ2n) is 5.88. The molecule has 0 amide bonds. The molecule has 1 aliphatic carbocycles. The lowest BCUT2D eigenvalue weighted by Gasteiger charge is -2.10. The van der Waals surface area contributed by atoms with Gasteiger partial charge in [0, 0.05) is 16.5 Å². The minimum absolute atomic E-state index is 0.276. The molecule has 0 saturated heterocycles. The lowest BCUT2D eigenvalue weighted by atomic mass is 10.1. The zero-order valence-corrected chi connectivity index (χ0v) is 14.3. The fourth-order valence-electron chi connectivity index (χ4n) is 3.39. The number of fused-ring (bicyclic) bond motifs is 4. The second kappa shape index (κ2) is 5.40. The van der Waals surface area contributed by atoms with Crippen molar-refractivity contribution in [1.82, 2.24) is 15.0 Å². The Balaban J connectivity index is 1.72. The van der Waals surface area contributed by atoms with Gasteiger partial charge in [-0.2, -0.15) is 4.98 Å². The highest BCUT2D eigenvalue weighted by atomic mass is 35.5. The highest BCUT2D eigenvalue weighted by Crippen LogP contribution is 2.41. The highest BCUT2D eigenvalue weighted by molar-refractivity contribution is 7.19. The zero-order chi connectivity index (χ0) is 16.1. The number of nitrogens with one attached hydrogen (secondary N) is 1. The number of hydrogen-bond donors (Lipinski definition) is 1. The van der Waals surface area contributed by atoms with Crippen molar-refractivity contribution in [1.29, 1.82) is 0 Å². The van der Waals surface area contributed by atoms with Gasteiger partial charge in [-0.1, -0.05) is 18.2 Å². The molecule has 0 spiro atoms. The number of hydrogen-bond acceptors (Lipinski definition) is 5. The first-order valence-electron chi connectivity index (χ1n) is 7.88. The van der Waals surface area contributed by atoms with Crippen molar-refractivity contribution >= 4 is 55.6 Å². The average molecular weight is 353 g/mol. The number of nitrogens with zero attached hydrogens (tertiary/aromatic N) is 3. The summed E-state index contributed by atoms with van der Waals surface area (Å²) >= 11 is 7.90. The van der Waals surface area contributed by atoms with Gasteiger partial charge in [-0.3, -0.25) is 4.98 Å². The number of para-hydroxylation sites is 1. The Hall–Kier alpha value is -2.24. The molecule has 5 rings (SSSR count). The molecule has 0 radical (unpaired) electrons. The van der Waals surface area contributed by atoms with E-state index in [4.69, 9.17) is 11.6 Å². The van der Waals surface area contributed by atoms with E-state index in [1.54, 1.807) is 17.5 Å². The van der Waals surface area contributed by atoms with E-state index in [1.807, 2.05) is 18.2 Å². The quantitative estimate of drug-likeness (QED) is 0.508. The van der Waals surface area contributed by atoms with Crippen molar-refractivity contribution in [2.24, 2.45) is 0 Å². The second-order valence-corrected chi connectivity index (χ2v) is 7.31. The van der Waals surface area contributed by atoms with Gasteiger partial charge < -0.3 is 5.32 Å². The van der Waals surface area contributed by atoms with Crippen molar-refractivity contribution in [3.8, 4) is 0 Å².